The van der Waals surface area contributed by atoms with E-state index in [4.69, 9.17) is 0 Å². The zero-order valence-corrected chi connectivity index (χ0v) is 9.05. The molecule has 0 heterocycles. The second kappa shape index (κ2) is 5.26. The third-order valence-electron chi connectivity index (χ3n) is 2.69. The number of nitrogens with one attached hydrogen (secondary N) is 1. The summed E-state index contributed by atoms with van der Waals surface area (Å²) in [5, 5.41) is 3.14. The van der Waals surface area contributed by atoms with Crippen LogP contribution in [0.5, 0.6) is 0 Å². The monoisotopic (exact) mass is 227 g/mol. The molecule has 1 aliphatic carbocycles. The Morgan fingerprint density at radius 1 is 1.43 bits per heavy atom. The third-order valence-corrected chi connectivity index (χ3v) is 3.43. The predicted molar refractivity (Wildman–Crippen MR) is 53.3 cm³/mol. The third kappa shape index (κ3) is 4.55. The van der Waals surface area contributed by atoms with Crippen molar-refractivity contribution in [3.63, 3.8) is 0 Å². The molecule has 1 saturated carbocycles. The highest BCUT2D eigenvalue weighted by molar-refractivity contribution is 8.00. The topological polar surface area (TPSA) is 12.0 Å². The van der Waals surface area contributed by atoms with Crippen molar-refractivity contribution in [2.75, 3.05) is 12.3 Å². The highest BCUT2D eigenvalue weighted by atomic mass is 32.2. The van der Waals surface area contributed by atoms with Crippen LogP contribution in [0.1, 0.15) is 26.2 Å². The summed E-state index contributed by atoms with van der Waals surface area (Å²) in [6, 6.07) is 0.373. The Bertz CT molecular complexity index is 168. The number of hydrogen-bond donors (Lipinski definition) is 1. The minimum atomic E-state index is -4.08. The molecule has 14 heavy (non-hydrogen) atoms. The molecule has 0 aromatic rings. The lowest BCUT2D eigenvalue weighted by Crippen LogP contribution is -2.38. The van der Waals surface area contributed by atoms with Crippen LogP contribution in [-0.4, -0.2) is 23.8 Å². The molecule has 1 nitrogen and oxygen atoms in total. The van der Waals surface area contributed by atoms with E-state index in [1.165, 1.54) is 19.3 Å². The van der Waals surface area contributed by atoms with Crippen LogP contribution in [0.15, 0.2) is 0 Å². The molecule has 0 aliphatic heterocycles. The first kappa shape index (κ1) is 12.2. The van der Waals surface area contributed by atoms with Gasteiger partial charge in [0.15, 0.2) is 0 Å². The van der Waals surface area contributed by atoms with Gasteiger partial charge in [0.2, 0.25) is 0 Å². The SMILES string of the molecule is CC(NCCSC(F)(F)F)C1CCC1. The minimum absolute atomic E-state index is 0.0504. The largest absolute Gasteiger partial charge is 0.441 e. The summed E-state index contributed by atoms with van der Waals surface area (Å²) in [4.78, 5) is 0. The summed E-state index contributed by atoms with van der Waals surface area (Å²) in [6.07, 6.45) is 3.72. The fourth-order valence-corrected chi connectivity index (χ4v) is 2.01. The van der Waals surface area contributed by atoms with Crippen molar-refractivity contribution in [2.45, 2.75) is 37.7 Å². The van der Waals surface area contributed by atoms with Crippen LogP contribution in [0, 0.1) is 5.92 Å². The van der Waals surface area contributed by atoms with Gasteiger partial charge in [-0.3, -0.25) is 0 Å². The van der Waals surface area contributed by atoms with E-state index >= 15 is 0 Å². The zero-order chi connectivity index (χ0) is 10.6. The molecule has 1 rings (SSSR count). The standard InChI is InChI=1S/C9H16F3NS/c1-7(8-3-2-4-8)13-5-6-14-9(10,11)12/h7-8,13H,2-6H2,1H3. The zero-order valence-electron chi connectivity index (χ0n) is 8.23. The molecule has 0 aromatic heterocycles. The summed E-state index contributed by atoms with van der Waals surface area (Å²) < 4.78 is 35.3. The number of halogens is 3. The lowest BCUT2D eigenvalue weighted by molar-refractivity contribution is -0.0327. The molecule has 0 bridgehead atoms. The summed E-state index contributed by atoms with van der Waals surface area (Å²) in [6.45, 7) is 2.50. The van der Waals surface area contributed by atoms with Crippen LogP contribution in [0.2, 0.25) is 0 Å². The smallest absolute Gasteiger partial charge is 0.313 e. The van der Waals surface area contributed by atoms with Gasteiger partial charge < -0.3 is 5.32 Å². The molecule has 84 valence electrons. The van der Waals surface area contributed by atoms with Gasteiger partial charge in [-0.25, -0.2) is 0 Å². The van der Waals surface area contributed by atoms with E-state index in [0.29, 0.717) is 18.5 Å². The van der Waals surface area contributed by atoms with E-state index in [-0.39, 0.29) is 17.5 Å². The van der Waals surface area contributed by atoms with Gasteiger partial charge in [-0.15, -0.1) is 0 Å². The lowest BCUT2D eigenvalue weighted by atomic mass is 9.80. The van der Waals surface area contributed by atoms with E-state index in [9.17, 15) is 13.2 Å². The number of hydrogen-bond acceptors (Lipinski definition) is 2. The van der Waals surface area contributed by atoms with Gasteiger partial charge in [0.25, 0.3) is 0 Å². The fourth-order valence-electron chi connectivity index (χ4n) is 1.56. The van der Waals surface area contributed by atoms with Crippen molar-refractivity contribution in [2.24, 2.45) is 5.92 Å². The average molecular weight is 227 g/mol. The van der Waals surface area contributed by atoms with E-state index in [0.717, 1.165) is 0 Å². The first-order chi connectivity index (χ1) is 6.49. The maximum absolute atomic E-state index is 11.8. The van der Waals surface area contributed by atoms with E-state index in [2.05, 4.69) is 12.2 Å². The molecule has 0 saturated heterocycles. The molecule has 1 fully saturated rings. The second-order valence-electron chi connectivity index (χ2n) is 3.73. The maximum atomic E-state index is 11.8. The molecule has 5 heteroatoms. The van der Waals surface area contributed by atoms with E-state index in [1.54, 1.807) is 0 Å². The number of thioether (sulfide) groups is 1. The van der Waals surface area contributed by atoms with E-state index in [1.807, 2.05) is 0 Å². The van der Waals surface area contributed by atoms with Crippen molar-refractivity contribution in [1.82, 2.24) is 5.32 Å². The lowest BCUT2D eigenvalue weighted by Gasteiger charge is -2.32. The Hall–Kier alpha value is 0.100. The highest BCUT2D eigenvalue weighted by Crippen LogP contribution is 2.30. The van der Waals surface area contributed by atoms with Gasteiger partial charge in [0.05, 0.1) is 0 Å². The summed E-state index contributed by atoms with van der Waals surface area (Å²) in [7, 11) is 0. The molecule has 0 amide bonds. The Morgan fingerprint density at radius 3 is 2.50 bits per heavy atom. The van der Waals surface area contributed by atoms with Crippen LogP contribution in [-0.2, 0) is 0 Å². The van der Waals surface area contributed by atoms with Gasteiger partial charge in [-0.2, -0.15) is 13.2 Å². The van der Waals surface area contributed by atoms with Crippen molar-refractivity contribution in [3.05, 3.63) is 0 Å². The van der Waals surface area contributed by atoms with Crippen LogP contribution in [0.25, 0.3) is 0 Å². The van der Waals surface area contributed by atoms with Crippen LogP contribution < -0.4 is 5.32 Å². The molecular formula is C9H16F3NS. The summed E-state index contributed by atoms with van der Waals surface area (Å²) in [5.74, 6) is 0.798. The van der Waals surface area contributed by atoms with Gasteiger partial charge in [-0.05, 0) is 37.4 Å². The molecule has 1 unspecified atom stereocenters. The molecular weight excluding hydrogens is 211 g/mol. The number of alkyl halides is 3. The highest BCUT2D eigenvalue weighted by Gasteiger charge is 2.28. The summed E-state index contributed by atoms with van der Waals surface area (Å²) in [5.41, 5.74) is -4.08. The Balaban J connectivity index is 1.97. The predicted octanol–water partition coefficient (Wildman–Crippen LogP) is 3.02. The first-order valence-corrected chi connectivity index (χ1v) is 5.91. The Morgan fingerprint density at radius 2 is 2.07 bits per heavy atom. The van der Waals surface area contributed by atoms with E-state index < -0.39 is 5.51 Å². The van der Waals surface area contributed by atoms with Crippen molar-refractivity contribution >= 4 is 11.8 Å². The molecule has 0 aromatic carbocycles. The molecule has 1 atom stereocenters. The van der Waals surface area contributed by atoms with Crippen LogP contribution in [0.3, 0.4) is 0 Å². The molecule has 0 spiro atoms. The van der Waals surface area contributed by atoms with Crippen molar-refractivity contribution in [3.8, 4) is 0 Å². The molecule has 1 aliphatic rings. The maximum Gasteiger partial charge on any atom is 0.441 e. The van der Waals surface area contributed by atoms with Gasteiger partial charge in [-0.1, -0.05) is 6.42 Å². The first-order valence-electron chi connectivity index (χ1n) is 4.93. The Labute approximate surface area is 86.8 Å². The minimum Gasteiger partial charge on any atom is -0.313 e. The number of rotatable bonds is 5. The normalized spacial score (nSPS) is 20.6. The second-order valence-corrected chi connectivity index (χ2v) is 4.89. The van der Waals surface area contributed by atoms with Crippen LogP contribution in [0.4, 0.5) is 13.2 Å². The van der Waals surface area contributed by atoms with Crippen molar-refractivity contribution < 1.29 is 13.2 Å². The van der Waals surface area contributed by atoms with Gasteiger partial charge in [0, 0.05) is 18.3 Å². The average Bonchev–Trinajstić information content (AvgIpc) is 1.92. The quantitative estimate of drug-likeness (QED) is 0.725. The van der Waals surface area contributed by atoms with Gasteiger partial charge >= 0.3 is 5.51 Å². The molecule has 1 N–H and O–H groups in total. The van der Waals surface area contributed by atoms with Crippen LogP contribution >= 0.6 is 11.8 Å². The Kier molecular flexibility index (Phi) is 4.57. The summed E-state index contributed by atoms with van der Waals surface area (Å²) >= 11 is 0.0504. The fraction of sp³-hybridized carbons (Fsp3) is 1.00. The van der Waals surface area contributed by atoms with Crippen molar-refractivity contribution in [1.29, 1.82) is 0 Å². The van der Waals surface area contributed by atoms with Gasteiger partial charge in [0.1, 0.15) is 0 Å². The molecule has 0 radical (unpaired) electrons.